The van der Waals surface area contributed by atoms with Gasteiger partial charge in [0.25, 0.3) is 0 Å². The van der Waals surface area contributed by atoms with Gasteiger partial charge >= 0.3 is 0 Å². The van der Waals surface area contributed by atoms with Gasteiger partial charge in [0, 0.05) is 17.1 Å². The van der Waals surface area contributed by atoms with Crippen LogP contribution in [-0.2, 0) is 6.42 Å². The Bertz CT molecular complexity index is 519. The number of rotatable bonds is 2. The van der Waals surface area contributed by atoms with Crippen molar-refractivity contribution in [3.8, 4) is 0 Å². The average molecular weight is 409 g/mol. The zero-order valence-electron chi connectivity index (χ0n) is 8.12. The van der Waals surface area contributed by atoms with Crippen molar-refractivity contribution in [3.63, 3.8) is 0 Å². The Balaban J connectivity index is 2.28. The first-order valence-corrected chi connectivity index (χ1v) is 6.82. The van der Waals surface area contributed by atoms with Crippen LogP contribution in [0.3, 0.4) is 0 Å². The summed E-state index contributed by atoms with van der Waals surface area (Å²) in [5, 5.41) is 0.512. The minimum Gasteiger partial charge on any atom is -0.240 e. The second-order valence-electron chi connectivity index (χ2n) is 3.19. The van der Waals surface area contributed by atoms with Crippen LogP contribution in [-0.4, -0.2) is 9.97 Å². The highest BCUT2D eigenvalue weighted by Crippen LogP contribution is 2.20. The van der Waals surface area contributed by atoms with Gasteiger partial charge in [-0.25, -0.2) is 9.97 Å². The molecule has 0 N–H and O–H groups in total. The van der Waals surface area contributed by atoms with Gasteiger partial charge in [0.2, 0.25) is 0 Å². The molecule has 0 atom stereocenters. The molecule has 0 spiro atoms. The second kappa shape index (κ2) is 5.42. The second-order valence-corrected chi connectivity index (χ2v) is 5.57. The van der Waals surface area contributed by atoms with E-state index < -0.39 is 0 Å². The van der Waals surface area contributed by atoms with Crippen molar-refractivity contribution in [1.29, 1.82) is 0 Å². The van der Waals surface area contributed by atoms with Crippen molar-refractivity contribution in [3.05, 3.63) is 55.0 Å². The minimum atomic E-state index is 0.512. The van der Waals surface area contributed by atoms with Crippen molar-refractivity contribution in [1.82, 2.24) is 9.97 Å². The smallest absolute Gasteiger partial charge is 0.146 e. The van der Waals surface area contributed by atoms with Crippen molar-refractivity contribution in [2.24, 2.45) is 0 Å². The van der Waals surface area contributed by atoms with Crippen LogP contribution < -0.4 is 0 Å². The molecule has 0 radical (unpaired) electrons. The first kappa shape index (κ1) is 12.3. The molecule has 16 heavy (non-hydrogen) atoms. The van der Waals surface area contributed by atoms with E-state index in [9.17, 15) is 0 Å². The lowest BCUT2D eigenvalue weighted by atomic mass is 10.1. The minimum absolute atomic E-state index is 0.512. The molecule has 1 aromatic carbocycles. The maximum absolute atomic E-state index is 5.95. The fourth-order valence-electron chi connectivity index (χ4n) is 1.28. The number of hydrogen-bond donors (Lipinski definition) is 0. The van der Waals surface area contributed by atoms with Gasteiger partial charge in [-0.05, 0) is 34.2 Å². The van der Waals surface area contributed by atoms with Crippen LogP contribution in [0.15, 0.2) is 34.9 Å². The van der Waals surface area contributed by atoms with E-state index in [1.807, 2.05) is 24.3 Å². The van der Waals surface area contributed by atoms with E-state index in [-0.39, 0.29) is 0 Å². The Kier molecular flexibility index (Phi) is 4.16. The molecule has 0 aliphatic heterocycles. The van der Waals surface area contributed by atoms with Gasteiger partial charge in [-0.1, -0.05) is 45.7 Å². The molecule has 0 unspecified atom stereocenters. The number of hydrogen-bond acceptors (Lipinski definition) is 2. The predicted octanol–water partition coefficient (Wildman–Crippen LogP) is 4.09. The molecule has 0 fully saturated rings. The van der Waals surface area contributed by atoms with Crippen molar-refractivity contribution in [2.75, 3.05) is 0 Å². The number of benzene rings is 1. The molecule has 5 heteroatoms. The highest BCUT2D eigenvalue weighted by atomic mass is 127. The SMILES string of the molecule is Clc1nc(Cc2ccccc2Br)ncc1I. The Morgan fingerprint density at radius 2 is 2.06 bits per heavy atom. The third-order valence-corrected chi connectivity index (χ3v) is 4.23. The molecule has 82 valence electrons. The summed E-state index contributed by atoms with van der Waals surface area (Å²) >= 11 is 11.6. The number of halogens is 3. The largest absolute Gasteiger partial charge is 0.240 e. The van der Waals surface area contributed by atoms with E-state index in [0.717, 1.165) is 19.4 Å². The average Bonchev–Trinajstić information content (AvgIpc) is 2.27. The third-order valence-electron chi connectivity index (χ3n) is 2.06. The predicted molar refractivity (Wildman–Crippen MR) is 76.7 cm³/mol. The standard InChI is InChI=1S/C11H7BrClIN2/c12-8-4-2-1-3-7(8)5-10-15-6-9(14)11(13)16-10/h1-4,6H,5H2. The van der Waals surface area contributed by atoms with Gasteiger partial charge in [-0.15, -0.1) is 0 Å². The van der Waals surface area contributed by atoms with Crippen LogP contribution >= 0.6 is 50.1 Å². The Labute approximate surface area is 121 Å². The van der Waals surface area contributed by atoms with Gasteiger partial charge < -0.3 is 0 Å². The zero-order chi connectivity index (χ0) is 11.5. The van der Waals surface area contributed by atoms with E-state index >= 15 is 0 Å². The molecular weight excluding hydrogens is 402 g/mol. The van der Waals surface area contributed by atoms with E-state index in [1.165, 1.54) is 0 Å². The lowest BCUT2D eigenvalue weighted by Gasteiger charge is -2.03. The molecular formula is C11H7BrClIN2. The summed E-state index contributed by atoms with van der Waals surface area (Å²) in [4.78, 5) is 8.49. The van der Waals surface area contributed by atoms with Crippen molar-refractivity contribution >= 4 is 50.1 Å². The van der Waals surface area contributed by atoms with Crippen LogP contribution in [0.1, 0.15) is 11.4 Å². The van der Waals surface area contributed by atoms with Gasteiger partial charge in [-0.3, -0.25) is 0 Å². The summed E-state index contributed by atoms with van der Waals surface area (Å²) in [6, 6.07) is 8.02. The third kappa shape index (κ3) is 2.93. The molecule has 0 amide bonds. The van der Waals surface area contributed by atoms with Gasteiger partial charge in [-0.2, -0.15) is 0 Å². The Morgan fingerprint density at radius 1 is 1.31 bits per heavy atom. The molecule has 2 nitrogen and oxygen atoms in total. The maximum Gasteiger partial charge on any atom is 0.146 e. The highest BCUT2D eigenvalue weighted by Gasteiger charge is 2.05. The van der Waals surface area contributed by atoms with Crippen LogP contribution in [0.4, 0.5) is 0 Å². The van der Waals surface area contributed by atoms with E-state index in [2.05, 4.69) is 48.5 Å². The molecule has 2 rings (SSSR count). The normalized spacial score (nSPS) is 10.4. The quantitative estimate of drug-likeness (QED) is 0.552. The maximum atomic E-state index is 5.95. The summed E-state index contributed by atoms with van der Waals surface area (Å²) in [6.45, 7) is 0. The molecule has 0 saturated heterocycles. The monoisotopic (exact) mass is 408 g/mol. The lowest BCUT2D eigenvalue weighted by Crippen LogP contribution is -1.98. The first-order chi connectivity index (χ1) is 7.66. The first-order valence-electron chi connectivity index (χ1n) is 4.57. The Morgan fingerprint density at radius 3 is 2.75 bits per heavy atom. The topological polar surface area (TPSA) is 25.8 Å². The summed E-state index contributed by atoms with van der Waals surface area (Å²) in [6.07, 6.45) is 2.42. The lowest BCUT2D eigenvalue weighted by molar-refractivity contribution is 0.958. The molecule has 0 aliphatic rings. The van der Waals surface area contributed by atoms with E-state index in [0.29, 0.717) is 11.6 Å². The fourth-order valence-corrected chi connectivity index (χ4v) is 2.11. The fraction of sp³-hybridized carbons (Fsp3) is 0.0909. The molecule has 1 heterocycles. The van der Waals surface area contributed by atoms with Crippen LogP contribution in [0.2, 0.25) is 5.15 Å². The van der Waals surface area contributed by atoms with Gasteiger partial charge in [0.15, 0.2) is 0 Å². The van der Waals surface area contributed by atoms with Gasteiger partial charge in [0.05, 0.1) is 3.57 Å². The van der Waals surface area contributed by atoms with Crippen LogP contribution in [0.5, 0.6) is 0 Å². The number of aromatic nitrogens is 2. The van der Waals surface area contributed by atoms with Gasteiger partial charge in [0.1, 0.15) is 11.0 Å². The number of nitrogens with zero attached hydrogens (tertiary/aromatic N) is 2. The molecule has 0 bridgehead atoms. The van der Waals surface area contributed by atoms with Crippen molar-refractivity contribution in [2.45, 2.75) is 6.42 Å². The Hall–Kier alpha value is -0.200. The van der Waals surface area contributed by atoms with E-state index in [1.54, 1.807) is 6.20 Å². The summed E-state index contributed by atoms with van der Waals surface area (Å²) in [7, 11) is 0. The zero-order valence-corrected chi connectivity index (χ0v) is 12.6. The molecule has 0 aliphatic carbocycles. The highest BCUT2D eigenvalue weighted by molar-refractivity contribution is 14.1. The molecule has 2 aromatic rings. The summed E-state index contributed by atoms with van der Waals surface area (Å²) < 4.78 is 1.93. The van der Waals surface area contributed by atoms with Crippen LogP contribution in [0.25, 0.3) is 0 Å². The van der Waals surface area contributed by atoms with E-state index in [4.69, 9.17) is 11.6 Å². The summed E-state index contributed by atoms with van der Waals surface area (Å²) in [5.74, 6) is 0.734. The summed E-state index contributed by atoms with van der Waals surface area (Å²) in [5.41, 5.74) is 1.15. The van der Waals surface area contributed by atoms with Crippen LogP contribution in [0, 0.1) is 3.57 Å². The molecule has 1 aromatic heterocycles. The molecule has 0 saturated carbocycles. The van der Waals surface area contributed by atoms with Crippen molar-refractivity contribution < 1.29 is 0 Å².